The first-order valence-corrected chi connectivity index (χ1v) is 5.23. The largest absolute Gasteiger partial charge is 0.573 e. The molecule has 0 atom stereocenters. The number of nitriles is 1. The maximum atomic E-state index is 12.1. The topological polar surface area (TPSA) is 59.3 Å². The summed E-state index contributed by atoms with van der Waals surface area (Å²) in [7, 11) is 1.13. The highest BCUT2D eigenvalue weighted by Crippen LogP contribution is 2.28. The molecule has 0 aliphatic heterocycles. The molecular weight excluding hydrogens is 263 g/mol. The number of methoxy groups -OCH3 is 1. The monoisotopic (exact) mass is 273 g/mol. The third-order valence-corrected chi connectivity index (χ3v) is 2.32. The number of rotatable bonds is 3. The van der Waals surface area contributed by atoms with Crippen LogP contribution >= 0.6 is 0 Å². The molecule has 0 N–H and O–H groups in total. The van der Waals surface area contributed by atoms with Gasteiger partial charge in [0.2, 0.25) is 0 Å². The molecule has 1 aromatic rings. The van der Waals surface area contributed by atoms with E-state index in [2.05, 4.69) is 9.47 Å². The van der Waals surface area contributed by atoms with Gasteiger partial charge in [0.15, 0.2) is 0 Å². The van der Waals surface area contributed by atoms with Gasteiger partial charge in [-0.15, -0.1) is 13.2 Å². The molecule has 1 aromatic carbocycles. The average Bonchev–Trinajstić information content (AvgIpc) is 2.34. The van der Waals surface area contributed by atoms with Crippen LogP contribution in [-0.4, -0.2) is 19.4 Å². The zero-order valence-electron chi connectivity index (χ0n) is 10.2. The van der Waals surface area contributed by atoms with Crippen molar-refractivity contribution in [3.05, 3.63) is 28.8 Å². The minimum Gasteiger partial charge on any atom is -0.465 e. The summed E-state index contributed by atoms with van der Waals surface area (Å²) in [5, 5.41) is 8.91. The lowest BCUT2D eigenvalue weighted by atomic mass is 9.99. The predicted molar refractivity (Wildman–Crippen MR) is 58.6 cm³/mol. The Hall–Kier alpha value is -2.23. The van der Waals surface area contributed by atoms with Crippen LogP contribution in [0.3, 0.4) is 0 Å². The lowest BCUT2D eigenvalue weighted by Gasteiger charge is -2.13. The Morgan fingerprint density at radius 1 is 1.42 bits per heavy atom. The van der Waals surface area contributed by atoms with E-state index in [0.717, 1.165) is 19.2 Å². The quantitative estimate of drug-likeness (QED) is 0.794. The Labute approximate surface area is 107 Å². The molecule has 0 spiro atoms. The molecule has 7 heteroatoms. The fraction of sp³-hybridized carbons (Fsp3) is 0.333. The van der Waals surface area contributed by atoms with Gasteiger partial charge in [-0.05, 0) is 24.1 Å². The van der Waals surface area contributed by atoms with Crippen LogP contribution in [0.1, 0.15) is 28.4 Å². The lowest BCUT2D eigenvalue weighted by molar-refractivity contribution is -0.274. The highest BCUT2D eigenvalue weighted by atomic mass is 19.4. The highest BCUT2D eigenvalue weighted by molar-refractivity contribution is 5.94. The van der Waals surface area contributed by atoms with Crippen molar-refractivity contribution in [2.24, 2.45) is 0 Å². The molecule has 4 nitrogen and oxygen atoms in total. The van der Waals surface area contributed by atoms with Crippen LogP contribution in [0.2, 0.25) is 0 Å². The van der Waals surface area contributed by atoms with Crippen molar-refractivity contribution in [3.8, 4) is 11.8 Å². The number of ether oxygens (including phenoxy) is 2. The third kappa shape index (κ3) is 3.61. The third-order valence-electron chi connectivity index (χ3n) is 2.32. The van der Waals surface area contributed by atoms with Crippen molar-refractivity contribution in [2.75, 3.05) is 7.11 Å². The van der Waals surface area contributed by atoms with Crippen LogP contribution in [-0.2, 0) is 11.2 Å². The van der Waals surface area contributed by atoms with Crippen molar-refractivity contribution < 1.29 is 27.4 Å². The summed E-state index contributed by atoms with van der Waals surface area (Å²) in [4.78, 5) is 11.5. The zero-order chi connectivity index (χ0) is 14.6. The van der Waals surface area contributed by atoms with E-state index in [4.69, 9.17) is 5.26 Å². The Bertz CT molecular complexity index is 532. The summed E-state index contributed by atoms with van der Waals surface area (Å²) >= 11 is 0. The molecule has 1 rings (SSSR count). The van der Waals surface area contributed by atoms with E-state index in [1.807, 2.05) is 0 Å². The molecule has 0 radical (unpaired) electrons. The molecule has 19 heavy (non-hydrogen) atoms. The molecule has 0 unspecified atom stereocenters. The van der Waals surface area contributed by atoms with Crippen LogP contribution in [0.5, 0.6) is 5.75 Å². The van der Waals surface area contributed by atoms with Gasteiger partial charge in [0.25, 0.3) is 0 Å². The maximum absolute atomic E-state index is 12.1. The minimum absolute atomic E-state index is 0.0398. The second kappa shape index (κ2) is 5.61. The normalized spacial score (nSPS) is 10.7. The molecule has 0 saturated carbocycles. The second-order valence-electron chi connectivity index (χ2n) is 3.51. The van der Waals surface area contributed by atoms with Gasteiger partial charge in [-0.3, -0.25) is 0 Å². The molecule has 102 valence electrons. The number of carbonyl (C=O) groups excluding carboxylic acids is 1. The molecule has 0 amide bonds. The number of hydrogen-bond donors (Lipinski definition) is 0. The second-order valence-corrected chi connectivity index (χ2v) is 3.51. The van der Waals surface area contributed by atoms with Gasteiger partial charge in [0.05, 0.1) is 18.2 Å². The number of carbonyl (C=O) groups is 1. The summed E-state index contributed by atoms with van der Waals surface area (Å²) in [6.45, 7) is 1.64. The number of nitrogens with zero attached hydrogens (tertiary/aromatic N) is 1. The van der Waals surface area contributed by atoms with Crippen molar-refractivity contribution in [2.45, 2.75) is 19.7 Å². The van der Waals surface area contributed by atoms with Crippen molar-refractivity contribution in [3.63, 3.8) is 0 Å². The van der Waals surface area contributed by atoms with E-state index >= 15 is 0 Å². The fourth-order valence-corrected chi connectivity index (χ4v) is 1.58. The van der Waals surface area contributed by atoms with Crippen molar-refractivity contribution >= 4 is 5.97 Å². The van der Waals surface area contributed by atoms with E-state index in [9.17, 15) is 18.0 Å². The van der Waals surface area contributed by atoms with Gasteiger partial charge in [0, 0.05) is 0 Å². The van der Waals surface area contributed by atoms with E-state index in [0.29, 0.717) is 0 Å². The summed E-state index contributed by atoms with van der Waals surface area (Å²) in [6, 6.07) is 3.59. The van der Waals surface area contributed by atoms with Gasteiger partial charge < -0.3 is 9.47 Å². The molecule has 0 aromatic heterocycles. The number of benzene rings is 1. The highest BCUT2D eigenvalue weighted by Gasteiger charge is 2.32. The molecule has 0 bridgehead atoms. The molecule has 0 heterocycles. The van der Waals surface area contributed by atoms with E-state index in [-0.39, 0.29) is 23.1 Å². The van der Waals surface area contributed by atoms with Gasteiger partial charge in [-0.25, -0.2) is 4.79 Å². The number of halogens is 3. The molecule has 0 saturated heterocycles. The first-order valence-electron chi connectivity index (χ1n) is 5.23. The van der Waals surface area contributed by atoms with Crippen LogP contribution < -0.4 is 4.74 Å². The van der Waals surface area contributed by atoms with Crippen molar-refractivity contribution in [1.29, 1.82) is 5.26 Å². The van der Waals surface area contributed by atoms with Crippen LogP contribution in [0, 0.1) is 11.3 Å². The van der Waals surface area contributed by atoms with E-state index in [1.165, 1.54) is 0 Å². The number of esters is 1. The number of hydrogen-bond acceptors (Lipinski definition) is 4. The molecule has 0 aliphatic carbocycles. The van der Waals surface area contributed by atoms with Gasteiger partial charge in [0.1, 0.15) is 11.8 Å². The Kier molecular flexibility index (Phi) is 4.38. The van der Waals surface area contributed by atoms with Crippen LogP contribution in [0.25, 0.3) is 0 Å². The Morgan fingerprint density at radius 2 is 2.05 bits per heavy atom. The summed E-state index contributed by atoms with van der Waals surface area (Å²) in [5.41, 5.74) is -0.00220. The standard InChI is InChI=1S/C12H10F3NO3/c1-3-7-4-9(19-12(13,14)15)5-8(6-16)10(7)11(17)18-2/h4-5H,3H2,1-2H3. The average molecular weight is 273 g/mol. The minimum atomic E-state index is -4.86. The molecular formula is C12H10F3NO3. The van der Waals surface area contributed by atoms with E-state index < -0.39 is 18.1 Å². The SMILES string of the molecule is CCc1cc(OC(F)(F)F)cc(C#N)c1C(=O)OC. The summed E-state index contributed by atoms with van der Waals surface area (Å²) in [5.74, 6) is -1.31. The lowest BCUT2D eigenvalue weighted by Crippen LogP contribution is -2.18. The Balaban J connectivity index is 3.37. The fourth-order valence-electron chi connectivity index (χ4n) is 1.58. The van der Waals surface area contributed by atoms with Gasteiger partial charge in [-0.1, -0.05) is 6.92 Å². The first kappa shape index (κ1) is 14.8. The maximum Gasteiger partial charge on any atom is 0.573 e. The van der Waals surface area contributed by atoms with Crippen molar-refractivity contribution in [1.82, 2.24) is 0 Å². The zero-order valence-corrected chi connectivity index (χ0v) is 10.2. The summed E-state index contributed by atoms with van der Waals surface area (Å²) < 4.78 is 44.7. The molecule has 0 fully saturated rings. The van der Waals surface area contributed by atoms with Crippen LogP contribution in [0.15, 0.2) is 12.1 Å². The van der Waals surface area contributed by atoms with Gasteiger partial charge >= 0.3 is 12.3 Å². The predicted octanol–water partition coefficient (Wildman–Crippen LogP) is 2.81. The molecule has 0 aliphatic rings. The number of alkyl halides is 3. The van der Waals surface area contributed by atoms with Crippen LogP contribution in [0.4, 0.5) is 13.2 Å². The van der Waals surface area contributed by atoms with E-state index in [1.54, 1.807) is 13.0 Å². The number of aryl methyl sites for hydroxylation is 1. The Morgan fingerprint density at radius 3 is 2.47 bits per heavy atom. The first-order chi connectivity index (χ1) is 8.82. The van der Waals surface area contributed by atoms with Gasteiger partial charge in [-0.2, -0.15) is 5.26 Å². The smallest absolute Gasteiger partial charge is 0.465 e. The summed E-state index contributed by atoms with van der Waals surface area (Å²) in [6.07, 6.45) is -4.60.